The summed E-state index contributed by atoms with van der Waals surface area (Å²) in [5.74, 6) is -3.94. The highest BCUT2D eigenvalue weighted by molar-refractivity contribution is 7.81. The number of nitrogens with two attached hydrogens (primary N) is 1. The second-order valence-electron chi connectivity index (χ2n) is 23.0. The van der Waals surface area contributed by atoms with Gasteiger partial charge < -0.3 is 20.7 Å². The van der Waals surface area contributed by atoms with Crippen molar-refractivity contribution in [2.75, 3.05) is 26.3 Å². The predicted octanol–water partition coefficient (Wildman–Crippen LogP) is 5.02. The lowest BCUT2D eigenvalue weighted by Gasteiger charge is -2.68. The van der Waals surface area contributed by atoms with E-state index in [9.17, 15) is 55.8 Å². The minimum Gasteiger partial charge on any atom is -0.481 e. The van der Waals surface area contributed by atoms with Gasteiger partial charge in [-0.1, -0.05) is 50.0 Å². The molecule has 6 saturated carbocycles. The molecule has 4 bridgehead atoms. The minimum atomic E-state index is -4.66. The van der Waals surface area contributed by atoms with Crippen LogP contribution in [0.3, 0.4) is 0 Å². The molecule has 2 aliphatic heterocycles. The molecule has 0 radical (unpaired) electrons. The van der Waals surface area contributed by atoms with Gasteiger partial charge >= 0.3 is 44.7 Å². The van der Waals surface area contributed by atoms with Crippen LogP contribution < -0.4 is 5.73 Å². The maximum absolute atomic E-state index is 13.7. The number of carbonyl (C=O) groups excluding carboxylic acids is 4. The van der Waals surface area contributed by atoms with Crippen molar-refractivity contribution in [1.29, 1.82) is 0 Å². The van der Waals surface area contributed by atoms with E-state index in [1.807, 2.05) is 20.8 Å². The molecule has 69 heavy (non-hydrogen) atoms. The summed E-state index contributed by atoms with van der Waals surface area (Å²) in [6.07, 6.45) is 14.2. The van der Waals surface area contributed by atoms with Crippen LogP contribution in [-0.4, -0.2) is 103 Å². The van der Waals surface area contributed by atoms with Gasteiger partial charge in [0.05, 0.1) is 54.3 Å². The Morgan fingerprint density at radius 2 is 1.12 bits per heavy atom. The van der Waals surface area contributed by atoms with E-state index in [1.165, 1.54) is 5.57 Å². The summed E-state index contributed by atoms with van der Waals surface area (Å²) in [6, 6.07) is 0. The van der Waals surface area contributed by atoms with Gasteiger partial charge in [-0.05, 0) is 138 Å². The molecule has 6 N–H and O–H groups in total. The molecule has 2 amide bonds. The zero-order valence-electron chi connectivity index (χ0n) is 40.2. The normalized spacial score (nSPS) is 44.6. The van der Waals surface area contributed by atoms with Gasteiger partial charge in [0.1, 0.15) is 0 Å². The topological polar surface area (TPSA) is 309 Å². The standard InChI is InChI=1S/C24H33NO8S.C22H28O5.C2H7NO4S/c1-13-12-24-8-5-15-22(2,6-4-7-23(15,3)21(28)29)16(24)11-14(13)17-18(24)20(27)25(19(17)26)9-10-33-34(30,31)32;1-11-10-22-8-5-13-20(2,6-4-7-21(13,3)19(25)26)14(22)9-12(11)15-16(22)18(24)27-17(15)23;3-1-2-7-8(4,5)6/h12,14-18H,4-11H2,1-3H3,(H,28,29)(H,30,31,32);10,12-16H,4-9H2,1-3H3,(H,25,26);1-3H2,(H,4,5,6). The number of cyclic esters (lactones) is 2. The largest absolute Gasteiger partial charge is 0.481 e. The van der Waals surface area contributed by atoms with Gasteiger partial charge in [-0.25, -0.2) is 8.37 Å². The van der Waals surface area contributed by atoms with Crippen molar-refractivity contribution in [3.8, 4) is 0 Å². The van der Waals surface area contributed by atoms with Gasteiger partial charge in [-0.3, -0.25) is 42.8 Å². The number of aliphatic carboxylic acids is 2. The van der Waals surface area contributed by atoms with E-state index >= 15 is 0 Å². The summed E-state index contributed by atoms with van der Waals surface area (Å²) in [6.45, 7) is 11.6. The summed E-state index contributed by atoms with van der Waals surface area (Å²) in [5, 5.41) is 20.1. The van der Waals surface area contributed by atoms with E-state index in [1.54, 1.807) is 0 Å². The molecular weight excluding hydrogens is 941 g/mol. The smallest absolute Gasteiger partial charge is 0.397 e. The van der Waals surface area contributed by atoms with Crippen LogP contribution in [0.15, 0.2) is 23.3 Å². The molecule has 0 aromatic rings. The fraction of sp³-hybridized carbons (Fsp3) is 0.792. The molecular formula is C48H68N2O17S2. The lowest BCUT2D eigenvalue weighted by atomic mass is 9.35. The first-order valence-electron chi connectivity index (χ1n) is 24.4. The zero-order chi connectivity index (χ0) is 50.8. The summed E-state index contributed by atoms with van der Waals surface area (Å²) in [5.41, 5.74) is 4.48. The lowest BCUT2D eigenvalue weighted by molar-refractivity contribution is -0.194. The number of allylic oxidation sites excluding steroid dienone is 4. The van der Waals surface area contributed by atoms with E-state index in [2.05, 4.69) is 41.3 Å². The van der Waals surface area contributed by atoms with Crippen LogP contribution in [0.25, 0.3) is 0 Å². The van der Waals surface area contributed by atoms with Gasteiger partial charge in [0, 0.05) is 17.4 Å². The number of likely N-dealkylation sites (tertiary alicyclic amines) is 1. The number of carboxylic acid groups (broad SMARTS) is 2. The van der Waals surface area contributed by atoms with E-state index in [-0.39, 0.29) is 107 Å². The zero-order valence-corrected chi connectivity index (χ0v) is 41.8. The number of ether oxygens (including phenoxy) is 1. The lowest BCUT2D eigenvalue weighted by Crippen LogP contribution is -2.64. The van der Waals surface area contributed by atoms with Crippen LogP contribution in [0.4, 0.5) is 0 Å². The van der Waals surface area contributed by atoms with Gasteiger partial charge in [-0.2, -0.15) is 16.8 Å². The van der Waals surface area contributed by atoms with Crippen LogP contribution >= 0.6 is 0 Å². The number of carboxylic acids is 2. The van der Waals surface area contributed by atoms with Crippen molar-refractivity contribution < 1.29 is 78.0 Å². The number of hydrogen-bond acceptors (Lipinski definition) is 14. The molecule has 10 aliphatic carbocycles. The van der Waals surface area contributed by atoms with Gasteiger partial charge in [-0.15, -0.1) is 0 Å². The first kappa shape index (κ1) is 51.7. The van der Waals surface area contributed by atoms with E-state index in [4.69, 9.17) is 19.6 Å². The fourth-order valence-corrected chi connectivity index (χ4v) is 18.3. The third kappa shape index (κ3) is 7.88. The predicted molar refractivity (Wildman–Crippen MR) is 242 cm³/mol. The number of imide groups is 1. The molecule has 19 nitrogen and oxygen atoms in total. The summed E-state index contributed by atoms with van der Waals surface area (Å²) < 4.78 is 71.2. The van der Waals surface area contributed by atoms with Crippen molar-refractivity contribution in [1.82, 2.24) is 4.90 Å². The van der Waals surface area contributed by atoms with Crippen molar-refractivity contribution in [3.63, 3.8) is 0 Å². The second-order valence-corrected chi connectivity index (χ2v) is 25.2. The van der Waals surface area contributed by atoms with Gasteiger partial charge in [0.15, 0.2) is 0 Å². The first-order chi connectivity index (χ1) is 32.0. The molecule has 384 valence electrons. The molecule has 0 aromatic carbocycles. The SMILES string of the molecule is CC1=CC23CCC4C(C)(C(=O)O)CCCC4(C)C2CC1C1C(=O)N(CCOS(=O)(=O)O)C(=O)C13.CC1=CC23CCC4C(C)(C(=O)O)CCCC4(C)C2CC1C1C(=O)OC(=O)C13.NCCOS(=O)(=O)O. The third-order valence-electron chi connectivity index (χ3n) is 20.1. The Kier molecular flexibility index (Phi) is 13.0. The molecule has 2 heterocycles. The van der Waals surface area contributed by atoms with E-state index in [0.29, 0.717) is 19.3 Å². The average molecular weight is 1010 g/mol. The Morgan fingerprint density at radius 3 is 1.55 bits per heavy atom. The Bertz CT molecular complexity index is 2510. The maximum atomic E-state index is 13.7. The Morgan fingerprint density at radius 1 is 0.667 bits per heavy atom. The quantitative estimate of drug-likeness (QED) is 0.0666. The number of carbonyl (C=O) groups is 6. The highest BCUT2D eigenvalue weighted by atomic mass is 32.3. The molecule has 12 aliphatic rings. The van der Waals surface area contributed by atoms with Gasteiger partial charge in [0.25, 0.3) is 0 Å². The Labute approximate surface area is 403 Å². The van der Waals surface area contributed by atoms with E-state index < -0.39 is 67.4 Å². The van der Waals surface area contributed by atoms with E-state index in [0.717, 1.165) is 68.3 Å². The maximum Gasteiger partial charge on any atom is 0.397 e. The van der Waals surface area contributed by atoms with Crippen LogP contribution in [0.2, 0.25) is 0 Å². The molecule has 2 spiro atoms. The number of rotatable bonds is 9. The number of nitrogens with zero attached hydrogens (tertiary/aromatic N) is 1. The van der Waals surface area contributed by atoms with Crippen molar-refractivity contribution in [3.05, 3.63) is 23.3 Å². The molecule has 16 atom stereocenters. The summed E-state index contributed by atoms with van der Waals surface area (Å²) in [4.78, 5) is 77.8. The number of esters is 2. The molecule has 0 aromatic heterocycles. The number of hydrogen-bond donors (Lipinski definition) is 5. The fourth-order valence-electron chi connectivity index (χ4n) is 17.7. The Hall–Kier alpha value is -3.60. The van der Waals surface area contributed by atoms with Crippen molar-refractivity contribution in [2.45, 2.75) is 119 Å². The third-order valence-corrected chi connectivity index (χ3v) is 21.1. The molecule has 2 saturated heterocycles. The number of amides is 2. The highest BCUT2D eigenvalue weighted by Crippen LogP contribution is 2.76. The van der Waals surface area contributed by atoms with Crippen molar-refractivity contribution in [2.24, 2.45) is 97.4 Å². The second kappa shape index (κ2) is 17.3. The van der Waals surface area contributed by atoms with Crippen LogP contribution in [0.5, 0.6) is 0 Å². The summed E-state index contributed by atoms with van der Waals surface area (Å²) >= 11 is 0. The average Bonchev–Trinajstić information content (AvgIpc) is 3.71. The first-order valence-corrected chi connectivity index (χ1v) is 27.1. The van der Waals surface area contributed by atoms with Crippen LogP contribution in [0, 0.1) is 91.7 Å². The van der Waals surface area contributed by atoms with Crippen LogP contribution in [-0.2, 0) is 62.7 Å². The minimum absolute atomic E-state index is 0.0138. The van der Waals surface area contributed by atoms with Gasteiger partial charge in [0.2, 0.25) is 11.8 Å². The van der Waals surface area contributed by atoms with Crippen molar-refractivity contribution >= 4 is 56.5 Å². The molecule has 21 heteroatoms. The number of fused-ring (bicyclic) bond motifs is 2. The Balaban J connectivity index is 0.000000164. The summed E-state index contributed by atoms with van der Waals surface area (Å²) in [7, 11) is -8.93. The van der Waals surface area contributed by atoms with Crippen LogP contribution in [0.1, 0.15) is 119 Å². The molecule has 16 unspecified atom stereocenters. The molecule has 8 fully saturated rings. The molecule has 12 rings (SSSR count). The monoisotopic (exact) mass is 1010 g/mol. The highest BCUT2D eigenvalue weighted by Gasteiger charge is 2.74.